The van der Waals surface area contributed by atoms with Crippen LogP contribution in [0.1, 0.15) is 22.9 Å². The molecule has 0 spiro atoms. The number of amides is 3. The van der Waals surface area contributed by atoms with Crippen LogP contribution >= 0.6 is 0 Å². The number of nitrogens with one attached hydrogen (secondary N) is 2. The molecule has 2 aromatic rings. The fourth-order valence-corrected chi connectivity index (χ4v) is 3.25. The van der Waals surface area contributed by atoms with E-state index in [9.17, 15) is 9.59 Å². The Morgan fingerprint density at radius 1 is 1.25 bits per heavy atom. The van der Waals surface area contributed by atoms with Crippen molar-refractivity contribution in [1.29, 1.82) is 0 Å². The van der Waals surface area contributed by atoms with Crippen molar-refractivity contribution < 1.29 is 14.0 Å². The molecule has 2 aliphatic heterocycles. The van der Waals surface area contributed by atoms with Crippen molar-refractivity contribution in [3.8, 4) is 0 Å². The van der Waals surface area contributed by atoms with E-state index < -0.39 is 6.04 Å². The van der Waals surface area contributed by atoms with E-state index in [-0.39, 0.29) is 11.9 Å². The summed E-state index contributed by atoms with van der Waals surface area (Å²) in [7, 11) is 0. The molecule has 0 saturated carbocycles. The van der Waals surface area contributed by atoms with Crippen LogP contribution in [-0.2, 0) is 11.3 Å². The van der Waals surface area contributed by atoms with Gasteiger partial charge in [0.1, 0.15) is 5.76 Å². The summed E-state index contributed by atoms with van der Waals surface area (Å²) in [4.78, 5) is 26.6. The zero-order valence-electron chi connectivity index (χ0n) is 13.2. The molecule has 6 heteroatoms. The Morgan fingerprint density at radius 2 is 2.12 bits per heavy atom. The van der Waals surface area contributed by atoms with E-state index in [2.05, 4.69) is 10.6 Å². The van der Waals surface area contributed by atoms with Gasteiger partial charge in [-0.05, 0) is 24.6 Å². The van der Waals surface area contributed by atoms with Crippen LogP contribution in [0.15, 0.2) is 58.3 Å². The SMILES string of the molecule is Cc1cccc([C@H]2NC(=O)NC3=C2C(=O)N(Cc2ccco2)C3)c1. The number of benzene rings is 1. The molecule has 3 heterocycles. The standard InChI is InChI=1S/C18H17N3O3/c1-11-4-2-5-12(8-11)16-15-14(19-18(23)20-16)10-21(17(15)22)9-13-6-3-7-24-13/h2-8,16H,9-10H2,1H3,(H2,19,20,23)/t16-/m1/s1. The maximum atomic E-state index is 12.9. The van der Waals surface area contributed by atoms with Crippen molar-refractivity contribution in [2.75, 3.05) is 6.54 Å². The van der Waals surface area contributed by atoms with Gasteiger partial charge in [0.25, 0.3) is 5.91 Å². The van der Waals surface area contributed by atoms with Gasteiger partial charge < -0.3 is 20.0 Å². The number of hydrogen-bond donors (Lipinski definition) is 2. The highest BCUT2D eigenvalue weighted by Crippen LogP contribution is 2.33. The lowest BCUT2D eigenvalue weighted by Crippen LogP contribution is -2.44. The van der Waals surface area contributed by atoms with E-state index in [1.54, 1.807) is 17.2 Å². The first-order valence-electron chi connectivity index (χ1n) is 7.80. The highest BCUT2D eigenvalue weighted by atomic mass is 16.3. The zero-order valence-corrected chi connectivity index (χ0v) is 13.2. The third-order valence-electron chi connectivity index (χ3n) is 4.32. The van der Waals surface area contributed by atoms with Crippen LogP contribution in [0.5, 0.6) is 0 Å². The molecule has 0 bridgehead atoms. The first-order chi connectivity index (χ1) is 11.6. The zero-order chi connectivity index (χ0) is 16.7. The van der Waals surface area contributed by atoms with Crippen molar-refractivity contribution >= 4 is 11.9 Å². The Hall–Kier alpha value is -3.02. The van der Waals surface area contributed by atoms with Crippen LogP contribution in [0.25, 0.3) is 0 Å². The van der Waals surface area contributed by atoms with Gasteiger partial charge in [-0.2, -0.15) is 0 Å². The van der Waals surface area contributed by atoms with Gasteiger partial charge in [-0.25, -0.2) is 4.79 Å². The molecule has 1 aromatic heterocycles. The van der Waals surface area contributed by atoms with Gasteiger partial charge in [0.2, 0.25) is 0 Å². The number of aryl methyl sites for hydroxylation is 1. The Labute approximate surface area is 139 Å². The Bertz CT molecular complexity index is 839. The second kappa shape index (κ2) is 5.56. The summed E-state index contributed by atoms with van der Waals surface area (Å²) in [5.41, 5.74) is 3.26. The molecule has 3 amide bonds. The molecule has 0 radical (unpaired) electrons. The average Bonchev–Trinajstić information content (AvgIpc) is 3.16. The summed E-state index contributed by atoms with van der Waals surface area (Å²) in [5, 5.41) is 5.63. The predicted octanol–water partition coefficient (Wildman–Crippen LogP) is 2.24. The minimum absolute atomic E-state index is 0.0830. The van der Waals surface area contributed by atoms with Crippen LogP contribution in [-0.4, -0.2) is 23.4 Å². The van der Waals surface area contributed by atoms with Gasteiger partial charge in [-0.15, -0.1) is 0 Å². The summed E-state index contributed by atoms with van der Waals surface area (Å²) in [6.45, 7) is 2.75. The smallest absolute Gasteiger partial charge is 0.319 e. The monoisotopic (exact) mass is 323 g/mol. The Morgan fingerprint density at radius 3 is 2.88 bits per heavy atom. The average molecular weight is 323 g/mol. The minimum atomic E-state index is -0.428. The molecule has 2 aliphatic rings. The van der Waals surface area contributed by atoms with E-state index in [1.165, 1.54) is 0 Å². The third kappa shape index (κ3) is 2.46. The maximum Gasteiger partial charge on any atom is 0.319 e. The lowest BCUT2D eigenvalue weighted by atomic mass is 9.95. The third-order valence-corrected chi connectivity index (χ3v) is 4.32. The van der Waals surface area contributed by atoms with Crippen LogP contribution in [0.4, 0.5) is 4.79 Å². The number of carbonyl (C=O) groups excluding carboxylic acids is 2. The Kier molecular flexibility index (Phi) is 3.37. The molecule has 2 N–H and O–H groups in total. The first-order valence-corrected chi connectivity index (χ1v) is 7.80. The van der Waals surface area contributed by atoms with Gasteiger partial charge in [-0.3, -0.25) is 4.79 Å². The molecule has 6 nitrogen and oxygen atoms in total. The van der Waals surface area contributed by atoms with Crippen LogP contribution in [0, 0.1) is 6.92 Å². The number of rotatable bonds is 3. The topological polar surface area (TPSA) is 74.6 Å². The lowest BCUT2D eigenvalue weighted by Gasteiger charge is -2.25. The summed E-state index contributed by atoms with van der Waals surface area (Å²) in [5.74, 6) is 0.634. The molecular formula is C18H17N3O3. The predicted molar refractivity (Wildman–Crippen MR) is 86.7 cm³/mol. The second-order valence-corrected chi connectivity index (χ2v) is 6.08. The largest absolute Gasteiger partial charge is 0.467 e. The molecule has 0 unspecified atom stereocenters. The van der Waals surface area contributed by atoms with Crippen LogP contribution in [0.2, 0.25) is 0 Å². The van der Waals surface area contributed by atoms with E-state index in [1.807, 2.05) is 37.3 Å². The molecule has 24 heavy (non-hydrogen) atoms. The fourth-order valence-electron chi connectivity index (χ4n) is 3.25. The van der Waals surface area contributed by atoms with Crippen molar-refractivity contribution in [3.63, 3.8) is 0 Å². The first kappa shape index (κ1) is 14.6. The normalized spacial score (nSPS) is 20.0. The van der Waals surface area contributed by atoms with Crippen molar-refractivity contribution in [2.24, 2.45) is 0 Å². The molecule has 0 saturated heterocycles. The van der Waals surface area contributed by atoms with Gasteiger partial charge in [-0.1, -0.05) is 29.8 Å². The van der Waals surface area contributed by atoms with E-state index in [0.717, 1.165) is 16.9 Å². The molecule has 0 fully saturated rings. The second-order valence-electron chi connectivity index (χ2n) is 6.08. The molecular weight excluding hydrogens is 306 g/mol. The summed E-state index contributed by atoms with van der Waals surface area (Å²) in [6, 6.07) is 10.7. The summed E-state index contributed by atoms with van der Waals surface area (Å²) in [6.07, 6.45) is 1.59. The molecule has 0 aliphatic carbocycles. The molecule has 4 rings (SSSR count). The van der Waals surface area contributed by atoms with Crippen LogP contribution < -0.4 is 10.6 Å². The van der Waals surface area contributed by atoms with E-state index in [0.29, 0.717) is 24.4 Å². The quantitative estimate of drug-likeness (QED) is 0.909. The molecule has 122 valence electrons. The maximum absolute atomic E-state index is 12.9. The number of urea groups is 1. The summed E-state index contributed by atoms with van der Waals surface area (Å²) >= 11 is 0. The van der Waals surface area contributed by atoms with E-state index in [4.69, 9.17) is 4.42 Å². The van der Waals surface area contributed by atoms with Crippen molar-refractivity contribution in [2.45, 2.75) is 19.5 Å². The van der Waals surface area contributed by atoms with Gasteiger partial charge >= 0.3 is 6.03 Å². The molecule has 1 atom stereocenters. The van der Waals surface area contributed by atoms with E-state index >= 15 is 0 Å². The van der Waals surface area contributed by atoms with Crippen molar-refractivity contribution in [1.82, 2.24) is 15.5 Å². The van der Waals surface area contributed by atoms with Crippen LogP contribution in [0.3, 0.4) is 0 Å². The number of nitrogens with zero attached hydrogens (tertiary/aromatic N) is 1. The minimum Gasteiger partial charge on any atom is -0.467 e. The number of carbonyl (C=O) groups is 2. The summed E-state index contributed by atoms with van der Waals surface area (Å²) < 4.78 is 5.33. The Balaban J connectivity index is 1.66. The number of furan rings is 1. The lowest BCUT2D eigenvalue weighted by molar-refractivity contribution is -0.126. The highest BCUT2D eigenvalue weighted by Gasteiger charge is 2.40. The van der Waals surface area contributed by atoms with Crippen molar-refractivity contribution in [3.05, 3.63) is 70.8 Å². The van der Waals surface area contributed by atoms with Gasteiger partial charge in [0.05, 0.1) is 36.7 Å². The fraction of sp³-hybridized carbons (Fsp3) is 0.222. The van der Waals surface area contributed by atoms with Gasteiger partial charge in [0.15, 0.2) is 0 Å². The highest BCUT2D eigenvalue weighted by molar-refractivity contribution is 6.01. The number of hydrogen-bond acceptors (Lipinski definition) is 3. The van der Waals surface area contributed by atoms with Gasteiger partial charge in [0, 0.05) is 0 Å². The molecule has 1 aromatic carbocycles.